The van der Waals surface area contributed by atoms with Crippen molar-refractivity contribution in [2.75, 3.05) is 11.9 Å². The second-order valence-electron chi connectivity index (χ2n) is 6.84. The molecule has 2 aromatic heterocycles. The zero-order valence-corrected chi connectivity index (χ0v) is 16.3. The number of carbonyl (C=O) groups is 3. The SMILES string of the molecule is O=C(CCN1C(=O)NC2(CCCCC2)C1=O)Nc1nc(-c2cccs2)cs1. The fourth-order valence-corrected chi connectivity index (χ4v) is 5.12. The van der Waals surface area contributed by atoms with Crippen molar-refractivity contribution in [3.8, 4) is 10.6 Å². The van der Waals surface area contributed by atoms with Gasteiger partial charge < -0.3 is 10.6 Å². The fraction of sp³-hybridized carbons (Fsp3) is 0.444. The topological polar surface area (TPSA) is 91.4 Å². The first-order chi connectivity index (χ1) is 13.1. The number of imide groups is 1. The Hall–Kier alpha value is -2.26. The van der Waals surface area contributed by atoms with Crippen LogP contribution in [0.2, 0.25) is 0 Å². The molecule has 0 atom stereocenters. The van der Waals surface area contributed by atoms with E-state index in [1.165, 1.54) is 16.2 Å². The lowest BCUT2D eigenvalue weighted by Gasteiger charge is -2.30. The van der Waals surface area contributed by atoms with Gasteiger partial charge in [-0.05, 0) is 24.3 Å². The second-order valence-corrected chi connectivity index (χ2v) is 8.65. The average molecular weight is 405 g/mol. The van der Waals surface area contributed by atoms with E-state index in [0.29, 0.717) is 18.0 Å². The van der Waals surface area contributed by atoms with Crippen molar-refractivity contribution in [3.05, 3.63) is 22.9 Å². The van der Waals surface area contributed by atoms with Crippen LogP contribution in [0.3, 0.4) is 0 Å². The summed E-state index contributed by atoms with van der Waals surface area (Å²) in [5, 5.41) is 10.00. The summed E-state index contributed by atoms with van der Waals surface area (Å²) >= 11 is 2.95. The minimum atomic E-state index is -0.739. The summed E-state index contributed by atoms with van der Waals surface area (Å²) < 4.78 is 0. The Kier molecular flexibility index (Phi) is 4.96. The molecule has 142 valence electrons. The number of urea groups is 1. The van der Waals surface area contributed by atoms with E-state index >= 15 is 0 Å². The molecule has 4 amide bonds. The van der Waals surface area contributed by atoms with Crippen LogP contribution in [-0.2, 0) is 9.59 Å². The van der Waals surface area contributed by atoms with E-state index in [0.717, 1.165) is 29.8 Å². The molecule has 0 radical (unpaired) electrons. The molecule has 4 rings (SSSR count). The largest absolute Gasteiger partial charge is 0.325 e. The van der Waals surface area contributed by atoms with E-state index in [9.17, 15) is 14.4 Å². The van der Waals surface area contributed by atoms with Crippen molar-refractivity contribution in [1.82, 2.24) is 15.2 Å². The summed E-state index contributed by atoms with van der Waals surface area (Å²) in [6, 6.07) is 3.54. The van der Waals surface area contributed by atoms with E-state index in [1.54, 1.807) is 11.3 Å². The standard InChI is InChI=1S/C18H20N4O3S2/c23-14(20-16-19-12(11-27-16)13-5-4-10-26-13)6-9-22-15(24)18(21-17(22)25)7-2-1-3-8-18/h4-5,10-11H,1-3,6-9H2,(H,21,25)(H,19,20,23). The van der Waals surface area contributed by atoms with Gasteiger partial charge in [-0.1, -0.05) is 25.3 Å². The summed E-state index contributed by atoms with van der Waals surface area (Å²) in [7, 11) is 0. The minimum Gasteiger partial charge on any atom is -0.323 e. The minimum absolute atomic E-state index is 0.0587. The lowest BCUT2D eigenvalue weighted by Crippen LogP contribution is -2.48. The van der Waals surface area contributed by atoms with Crippen LogP contribution < -0.4 is 10.6 Å². The van der Waals surface area contributed by atoms with E-state index < -0.39 is 5.54 Å². The number of thiazole rings is 1. The van der Waals surface area contributed by atoms with Crippen LogP contribution in [0.1, 0.15) is 38.5 Å². The van der Waals surface area contributed by atoms with Gasteiger partial charge in [0.1, 0.15) is 5.54 Å². The summed E-state index contributed by atoms with van der Waals surface area (Å²) in [6.45, 7) is 0.0847. The van der Waals surface area contributed by atoms with Gasteiger partial charge in [-0.3, -0.25) is 14.5 Å². The van der Waals surface area contributed by atoms with E-state index in [2.05, 4.69) is 15.6 Å². The molecule has 2 aliphatic rings. The first kappa shape index (κ1) is 18.1. The normalized spacial score (nSPS) is 18.7. The van der Waals surface area contributed by atoms with Gasteiger partial charge in [-0.25, -0.2) is 9.78 Å². The van der Waals surface area contributed by atoms with Gasteiger partial charge in [0, 0.05) is 18.3 Å². The molecule has 0 aromatic carbocycles. The molecular formula is C18H20N4O3S2. The van der Waals surface area contributed by atoms with Gasteiger partial charge in [0.2, 0.25) is 5.91 Å². The highest BCUT2D eigenvalue weighted by atomic mass is 32.1. The number of carbonyl (C=O) groups excluding carboxylic acids is 3. The van der Waals surface area contributed by atoms with E-state index in [4.69, 9.17) is 0 Å². The molecule has 1 spiro atoms. The number of rotatable bonds is 5. The highest BCUT2D eigenvalue weighted by Crippen LogP contribution is 2.33. The Morgan fingerprint density at radius 3 is 2.81 bits per heavy atom. The van der Waals surface area contributed by atoms with Gasteiger partial charge in [-0.15, -0.1) is 22.7 Å². The molecule has 7 nitrogen and oxygen atoms in total. The van der Waals surface area contributed by atoms with Crippen LogP contribution in [0, 0.1) is 0 Å². The molecule has 1 saturated carbocycles. The third-order valence-corrected chi connectivity index (χ3v) is 6.69. The number of aromatic nitrogens is 1. The number of hydrogen-bond acceptors (Lipinski definition) is 6. The maximum atomic E-state index is 12.7. The number of thiophene rings is 1. The number of nitrogens with zero attached hydrogens (tertiary/aromatic N) is 2. The lowest BCUT2D eigenvalue weighted by atomic mass is 9.82. The molecule has 2 fully saturated rings. The maximum Gasteiger partial charge on any atom is 0.325 e. The van der Waals surface area contributed by atoms with Crippen molar-refractivity contribution in [2.45, 2.75) is 44.1 Å². The van der Waals surface area contributed by atoms with Crippen molar-refractivity contribution in [3.63, 3.8) is 0 Å². The summed E-state index contributed by atoms with van der Waals surface area (Å²) in [4.78, 5) is 43.8. The summed E-state index contributed by atoms with van der Waals surface area (Å²) in [5.41, 5.74) is 0.0927. The number of amides is 4. The number of nitrogens with one attached hydrogen (secondary N) is 2. The smallest absolute Gasteiger partial charge is 0.323 e. The molecule has 1 saturated heterocycles. The Balaban J connectivity index is 1.33. The molecule has 0 unspecified atom stereocenters. The Labute approximate surface area is 164 Å². The molecule has 2 aromatic rings. The van der Waals surface area contributed by atoms with Gasteiger partial charge in [0.25, 0.3) is 5.91 Å². The molecule has 27 heavy (non-hydrogen) atoms. The molecule has 2 N–H and O–H groups in total. The van der Waals surface area contributed by atoms with Crippen molar-refractivity contribution in [2.24, 2.45) is 0 Å². The Morgan fingerprint density at radius 2 is 2.07 bits per heavy atom. The van der Waals surface area contributed by atoms with Crippen LogP contribution in [0.5, 0.6) is 0 Å². The van der Waals surface area contributed by atoms with Crippen LogP contribution in [0.25, 0.3) is 10.6 Å². The van der Waals surface area contributed by atoms with Gasteiger partial charge in [-0.2, -0.15) is 0 Å². The third kappa shape index (κ3) is 3.61. The van der Waals surface area contributed by atoms with Crippen molar-refractivity contribution >= 4 is 45.7 Å². The van der Waals surface area contributed by atoms with E-state index in [1.807, 2.05) is 22.9 Å². The maximum absolute atomic E-state index is 12.7. The van der Waals surface area contributed by atoms with Crippen LogP contribution in [0.4, 0.5) is 9.93 Å². The fourth-order valence-electron chi connectivity index (χ4n) is 3.64. The van der Waals surface area contributed by atoms with Crippen LogP contribution in [-0.4, -0.2) is 39.8 Å². The quantitative estimate of drug-likeness (QED) is 0.747. The first-order valence-electron chi connectivity index (χ1n) is 9.01. The molecule has 3 heterocycles. The Morgan fingerprint density at radius 1 is 1.26 bits per heavy atom. The molecule has 0 bridgehead atoms. The van der Waals surface area contributed by atoms with E-state index in [-0.39, 0.29) is 30.8 Å². The molecule has 1 aliphatic heterocycles. The van der Waals surface area contributed by atoms with Gasteiger partial charge in [0.05, 0.1) is 10.6 Å². The number of hydrogen-bond donors (Lipinski definition) is 2. The van der Waals surface area contributed by atoms with Crippen molar-refractivity contribution in [1.29, 1.82) is 0 Å². The zero-order chi connectivity index (χ0) is 18.9. The van der Waals surface area contributed by atoms with Crippen molar-refractivity contribution < 1.29 is 14.4 Å². The lowest BCUT2D eigenvalue weighted by molar-refractivity contribution is -0.132. The number of anilines is 1. The molecular weight excluding hydrogens is 384 g/mol. The van der Waals surface area contributed by atoms with Crippen LogP contribution in [0.15, 0.2) is 22.9 Å². The van der Waals surface area contributed by atoms with Gasteiger partial charge in [0.15, 0.2) is 5.13 Å². The first-order valence-corrected chi connectivity index (χ1v) is 10.8. The summed E-state index contributed by atoms with van der Waals surface area (Å²) in [6.07, 6.45) is 4.40. The predicted octanol–water partition coefficient (Wildman–Crippen LogP) is 3.45. The zero-order valence-electron chi connectivity index (χ0n) is 14.7. The highest BCUT2D eigenvalue weighted by Gasteiger charge is 2.51. The van der Waals surface area contributed by atoms with Crippen LogP contribution >= 0.6 is 22.7 Å². The monoisotopic (exact) mass is 404 g/mol. The predicted molar refractivity (Wildman–Crippen MR) is 105 cm³/mol. The molecule has 1 aliphatic carbocycles. The highest BCUT2D eigenvalue weighted by molar-refractivity contribution is 7.16. The average Bonchev–Trinajstić information content (AvgIpc) is 3.37. The molecule has 9 heteroatoms. The summed E-state index contributed by atoms with van der Waals surface area (Å²) in [5.74, 6) is -0.443. The second kappa shape index (κ2) is 7.40. The third-order valence-electron chi connectivity index (χ3n) is 5.04. The Bertz CT molecular complexity index is 856. The van der Waals surface area contributed by atoms with Gasteiger partial charge >= 0.3 is 6.03 Å².